The number of aromatic amines is 1. The lowest BCUT2D eigenvalue weighted by atomic mass is 9.96. The van der Waals surface area contributed by atoms with Crippen molar-refractivity contribution in [3.8, 4) is 28.4 Å². The second kappa shape index (κ2) is 13.2. The van der Waals surface area contributed by atoms with Gasteiger partial charge in [-0.2, -0.15) is 0 Å². The molecule has 11 nitrogen and oxygen atoms in total. The van der Waals surface area contributed by atoms with Crippen LogP contribution < -0.4 is 15.4 Å². The van der Waals surface area contributed by atoms with Crippen molar-refractivity contribution in [1.82, 2.24) is 30.0 Å². The van der Waals surface area contributed by atoms with Gasteiger partial charge in [-0.25, -0.2) is 14.8 Å². The fourth-order valence-electron chi connectivity index (χ4n) is 6.20. The molecule has 1 aliphatic heterocycles. The van der Waals surface area contributed by atoms with Crippen LogP contribution in [0.25, 0.3) is 22.6 Å². The molecule has 2 aliphatic rings. The summed E-state index contributed by atoms with van der Waals surface area (Å²) in [7, 11) is 0. The molecular weight excluding hydrogens is 558 g/mol. The Morgan fingerprint density at radius 3 is 2.41 bits per heavy atom. The zero-order valence-electron chi connectivity index (χ0n) is 25.1. The van der Waals surface area contributed by atoms with Crippen LogP contribution in [0.4, 0.5) is 5.95 Å². The van der Waals surface area contributed by atoms with E-state index in [1.54, 1.807) is 18.6 Å². The van der Waals surface area contributed by atoms with Crippen LogP contribution in [-0.2, 0) is 11.2 Å². The largest absolute Gasteiger partial charge is 0.491 e. The third kappa shape index (κ3) is 6.13. The van der Waals surface area contributed by atoms with Crippen molar-refractivity contribution in [1.29, 1.82) is 0 Å². The van der Waals surface area contributed by atoms with Crippen molar-refractivity contribution < 1.29 is 14.1 Å². The Bertz CT molecular complexity index is 1660. The number of aromatic nitrogens is 5. The Morgan fingerprint density at radius 2 is 1.75 bits per heavy atom. The molecule has 0 bridgehead atoms. The number of nitrogens with zero attached hydrogens (tertiary/aromatic N) is 6. The molecule has 1 aromatic carbocycles. The molecule has 1 fully saturated rings. The van der Waals surface area contributed by atoms with Crippen LogP contribution in [-0.4, -0.2) is 55.2 Å². The van der Waals surface area contributed by atoms with Crippen molar-refractivity contribution in [2.75, 3.05) is 18.1 Å². The number of carbonyl (C=O) groups excluding carboxylic acids is 1. The summed E-state index contributed by atoms with van der Waals surface area (Å²) in [6, 6.07) is 11.4. The molecule has 3 aromatic heterocycles. The van der Waals surface area contributed by atoms with Crippen LogP contribution in [0.3, 0.4) is 0 Å². The van der Waals surface area contributed by atoms with Gasteiger partial charge in [0.1, 0.15) is 6.17 Å². The number of H-pyrrole nitrogens is 1. The topological polar surface area (TPSA) is 130 Å². The van der Waals surface area contributed by atoms with Crippen LogP contribution in [0.2, 0.25) is 0 Å². The maximum atomic E-state index is 14.3. The van der Waals surface area contributed by atoms with E-state index < -0.39 is 5.76 Å². The first-order valence-electron chi connectivity index (χ1n) is 15.4. The quantitative estimate of drug-likeness (QED) is 0.243. The second-order valence-corrected chi connectivity index (χ2v) is 11.2. The standard InChI is InChI=1S/C33H37N7O4/c1-3-5-16-39-21-24(31(41)40(30(39)23-10-6-7-11-23)32-35-19-25(20-36-32)43-4-2)17-22-14-15-28(34-18-22)26-12-8-9-13-27(26)29-37-33(42)44-38-29/h8-9,12-15,18-21,23,30H,3-7,10-11,16-17H2,1-2H3,(H,37,38,42). The zero-order valence-corrected chi connectivity index (χ0v) is 25.1. The van der Waals surface area contributed by atoms with Gasteiger partial charge in [-0.15, -0.1) is 0 Å². The van der Waals surface area contributed by atoms with E-state index >= 15 is 0 Å². The van der Waals surface area contributed by atoms with Gasteiger partial charge in [-0.3, -0.25) is 24.2 Å². The second-order valence-electron chi connectivity index (χ2n) is 11.2. The first-order valence-corrected chi connectivity index (χ1v) is 15.4. The van der Waals surface area contributed by atoms with Gasteiger partial charge in [0, 0.05) is 42.1 Å². The lowest BCUT2D eigenvalue weighted by Gasteiger charge is -2.45. The van der Waals surface area contributed by atoms with Gasteiger partial charge in [0.2, 0.25) is 5.95 Å². The van der Waals surface area contributed by atoms with Gasteiger partial charge in [-0.1, -0.05) is 61.7 Å². The third-order valence-electron chi connectivity index (χ3n) is 8.27. The number of amides is 1. The molecule has 1 N–H and O–H groups in total. The molecule has 4 aromatic rings. The highest BCUT2D eigenvalue weighted by Crippen LogP contribution is 2.37. The molecule has 228 valence electrons. The Kier molecular flexibility index (Phi) is 8.81. The molecule has 1 amide bonds. The molecule has 1 aliphatic carbocycles. The van der Waals surface area contributed by atoms with Crippen LogP contribution >= 0.6 is 0 Å². The molecule has 1 atom stereocenters. The number of ether oxygens (including phenoxy) is 1. The van der Waals surface area contributed by atoms with Gasteiger partial charge in [0.15, 0.2) is 11.6 Å². The van der Waals surface area contributed by atoms with Crippen molar-refractivity contribution in [2.24, 2.45) is 5.92 Å². The van der Waals surface area contributed by atoms with E-state index in [-0.39, 0.29) is 12.1 Å². The molecule has 0 saturated heterocycles. The van der Waals surface area contributed by atoms with Crippen molar-refractivity contribution >= 4 is 11.9 Å². The SMILES string of the molecule is CCCCN1C=C(Cc2ccc(-c3ccccc3-c3noc(=O)[nH]3)nc2)C(=O)N(c2ncc(OCC)cn2)C1C1CCCC1. The van der Waals surface area contributed by atoms with Gasteiger partial charge >= 0.3 is 5.76 Å². The minimum absolute atomic E-state index is 0.0804. The average Bonchev–Trinajstić information content (AvgIpc) is 3.74. The summed E-state index contributed by atoms with van der Waals surface area (Å²) in [5, 5.41) is 3.84. The highest BCUT2D eigenvalue weighted by molar-refractivity contribution is 6.06. The molecule has 0 spiro atoms. The lowest BCUT2D eigenvalue weighted by molar-refractivity contribution is -0.117. The lowest BCUT2D eigenvalue weighted by Crippen LogP contribution is -2.57. The summed E-state index contributed by atoms with van der Waals surface area (Å²) in [4.78, 5) is 46.5. The number of hydrogen-bond donors (Lipinski definition) is 1. The van der Waals surface area contributed by atoms with E-state index in [9.17, 15) is 9.59 Å². The fourth-order valence-corrected chi connectivity index (χ4v) is 6.20. The number of anilines is 1. The Labute approximate surface area is 256 Å². The Balaban J connectivity index is 1.31. The van der Waals surface area contributed by atoms with Crippen LogP contribution in [0.15, 0.2) is 76.1 Å². The van der Waals surface area contributed by atoms with Crippen LogP contribution in [0.5, 0.6) is 5.75 Å². The predicted octanol–water partition coefficient (Wildman–Crippen LogP) is 5.37. The van der Waals surface area contributed by atoms with E-state index in [1.165, 1.54) is 12.8 Å². The summed E-state index contributed by atoms with van der Waals surface area (Å²) in [6.45, 7) is 5.47. The Morgan fingerprint density at radius 1 is 0.977 bits per heavy atom. The summed E-state index contributed by atoms with van der Waals surface area (Å²) in [5.41, 5.74) is 3.80. The number of rotatable bonds is 11. The minimum atomic E-state index is -0.614. The molecule has 44 heavy (non-hydrogen) atoms. The highest BCUT2D eigenvalue weighted by Gasteiger charge is 2.42. The van der Waals surface area contributed by atoms with Gasteiger partial charge in [0.05, 0.1) is 24.7 Å². The number of hydrogen-bond acceptors (Lipinski definition) is 9. The maximum absolute atomic E-state index is 14.3. The maximum Gasteiger partial charge on any atom is 0.439 e. The third-order valence-corrected chi connectivity index (χ3v) is 8.27. The Hall–Kier alpha value is -4.80. The number of benzene rings is 1. The van der Waals surface area contributed by atoms with Crippen molar-refractivity contribution in [2.45, 2.75) is 65.0 Å². The van der Waals surface area contributed by atoms with Crippen molar-refractivity contribution in [3.63, 3.8) is 0 Å². The van der Waals surface area contributed by atoms with Gasteiger partial charge < -0.3 is 9.64 Å². The molecule has 6 rings (SSSR count). The van der Waals surface area contributed by atoms with Gasteiger partial charge in [-0.05, 0) is 43.7 Å². The van der Waals surface area contributed by atoms with E-state index in [0.717, 1.165) is 43.4 Å². The van der Waals surface area contributed by atoms with Crippen molar-refractivity contribution in [3.05, 3.63) is 82.9 Å². The average molecular weight is 596 g/mol. The molecule has 1 saturated carbocycles. The molecular formula is C33H37N7O4. The van der Waals surface area contributed by atoms with E-state index in [4.69, 9.17) is 14.2 Å². The summed E-state index contributed by atoms with van der Waals surface area (Å²) >= 11 is 0. The molecule has 4 heterocycles. The van der Waals surface area contributed by atoms with Crippen LogP contribution in [0, 0.1) is 5.92 Å². The molecule has 0 radical (unpaired) electrons. The summed E-state index contributed by atoms with van der Waals surface area (Å²) in [6.07, 6.45) is 14.0. The first-order chi connectivity index (χ1) is 21.6. The first kappa shape index (κ1) is 29.3. The highest BCUT2D eigenvalue weighted by atomic mass is 16.5. The fraction of sp³-hybridized carbons (Fsp3) is 0.394. The number of pyridine rings is 1. The van der Waals surface area contributed by atoms with E-state index in [1.807, 2.05) is 48.2 Å². The molecule has 11 heteroatoms. The van der Waals surface area contributed by atoms with E-state index in [2.05, 4.69) is 38.1 Å². The number of nitrogens with one attached hydrogen (secondary N) is 1. The molecule has 1 unspecified atom stereocenters. The zero-order chi connectivity index (χ0) is 30.5. The van der Waals surface area contributed by atoms with E-state index in [0.29, 0.717) is 53.3 Å². The summed E-state index contributed by atoms with van der Waals surface area (Å²) in [5.74, 6) is 0.983. The summed E-state index contributed by atoms with van der Waals surface area (Å²) < 4.78 is 10.3. The number of unbranched alkanes of at least 4 members (excludes halogenated alkanes) is 1. The monoisotopic (exact) mass is 595 g/mol. The van der Waals surface area contributed by atoms with Crippen LogP contribution in [0.1, 0.15) is 57.9 Å². The van der Waals surface area contributed by atoms with Gasteiger partial charge in [0.25, 0.3) is 5.91 Å². The number of carbonyl (C=O) groups is 1. The smallest absolute Gasteiger partial charge is 0.439 e. The normalized spacial score (nSPS) is 17.3. The predicted molar refractivity (Wildman–Crippen MR) is 166 cm³/mol. The minimum Gasteiger partial charge on any atom is -0.491 e.